The molecule has 0 saturated carbocycles. The SMILES string of the molecule is CC/C=C\C/C=C\C/C=C\C/C=C\C/C=C\CCCCCCCCCCCCCCCCCCCCCCCCCCCC(=O)NC(COP(=O)([O-])OCC[N+](C)(C)C)C(O)CCCCCCCCCCCCCCCC. The van der Waals surface area contributed by atoms with Gasteiger partial charge in [0.05, 0.1) is 39.9 Å². The number of hydrogen-bond acceptors (Lipinski definition) is 6. The third-order valence-corrected chi connectivity index (χ3v) is 16.0. The van der Waals surface area contributed by atoms with Gasteiger partial charge in [0.2, 0.25) is 5.91 Å². The monoisotopic (exact) mass is 1100 g/mol. The maximum absolute atomic E-state index is 13.0. The molecule has 8 nitrogen and oxygen atoms in total. The minimum Gasteiger partial charge on any atom is -0.756 e. The summed E-state index contributed by atoms with van der Waals surface area (Å²) in [5.41, 5.74) is 0. The smallest absolute Gasteiger partial charge is 0.268 e. The highest BCUT2D eigenvalue weighted by atomic mass is 31.2. The molecule has 3 unspecified atom stereocenters. The number of quaternary nitrogens is 1. The summed E-state index contributed by atoms with van der Waals surface area (Å²) in [6, 6.07) is -0.799. The summed E-state index contributed by atoms with van der Waals surface area (Å²) in [5.74, 6) is -0.160. The molecule has 77 heavy (non-hydrogen) atoms. The van der Waals surface area contributed by atoms with E-state index < -0.39 is 20.0 Å². The molecule has 0 radical (unpaired) electrons. The molecule has 3 atom stereocenters. The Hall–Kier alpha value is -1.80. The maximum atomic E-state index is 13.0. The fourth-order valence-electron chi connectivity index (χ4n) is 9.89. The van der Waals surface area contributed by atoms with Gasteiger partial charge >= 0.3 is 0 Å². The van der Waals surface area contributed by atoms with E-state index in [2.05, 4.69) is 79.9 Å². The number of rotatable bonds is 61. The number of amides is 1. The van der Waals surface area contributed by atoms with Crippen LogP contribution in [0.5, 0.6) is 0 Å². The second kappa shape index (κ2) is 58.8. The Morgan fingerprint density at radius 3 is 1.16 bits per heavy atom. The quantitative estimate of drug-likeness (QED) is 0.0272. The van der Waals surface area contributed by atoms with Gasteiger partial charge < -0.3 is 28.8 Å². The Kier molecular flexibility index (Phi) is 57.5. The van der Waals surface area contributed by atoms with E-state index in [1.54, 1.807) is 0 Å². The molecule has 2 N–H and O–H groups in total. The summed E-state index contributed by atoms with van der Waals surface area (Å²) in [4.78, 5) is 25.6. The first-order valence-electron chi connectivity index (χ1n) is 33.1. The molecule has 0 aliphatic rings. The van der Waals surface area contributed by atoms with Crippen LogP contribution >= 0.6 is 7.82 Å². The van der Waals surface area contributed by atoms with Crippen molar-refractivity contribution >= 4 is 13.7 Å². The summed E-state index contributed by atoms with van der Waals surface area (Å²) >= 11 is 0. The molecule has 0 aliphatic heterocycles. The largest absolute Gasteiger partial charge is 0.756 e. The van der Waals surface area contributed by atoms with E-state index in [1.807, 2.05) is 21.1 Å². The molecule has 0 heterocycles. The molecule has 0 fully saturated rings. The normalized spacial score (nSPS) is 14.1. The number of aliphatic hydroxyl groups excluding tert-OH is 1. The molecule has 0 saturated heterocycles. The predicted octanol–water partition coefficient (Wildman–Crippen LogP) is 20.2. The summed E-state index contributed by atoms with van der Waals surface area (Å²) < 4.78 is 23.4. The van der Waals surface area contributed by atoms with Gasteiger partial charge in [-0.1, -0.05) is 312 Å². The number of likely N-dealkylation sites (N-methyl/N-ethyl adjacent to an activating group) is 1. The van der Waals surface area contributed by atoms with Gasteiger partial charge in [-0.05, 0) is 57.8 Å². The second-order valence-corrected chi connectivity index (χ2v) is 25.2. The topological polar surface area (TPSA) is 108 Å². The number of phosphoric acid groups is 1. The Bertz CT molecular complexity index is 1440. The molecular weight excluding hydrogens is 972 g/mol. The molecule has 0 aromatic rings. The van der Waals surface area contributed by atoms with Gasteiger partial charge in [-0.3, -0.25) is 9.36 Å². The highest BCUT2D eigenvalue weighted by Crippen LogP contribution is 2.38. The van der Waals surface area contributed by atoms with Crippen LogP contribution < -0.4 is 10.2 Å². The zero-order chi connectivity index (χ0) is 56.3. The lowest BCUT2D eigenvalue weighted by molar-refractivity contribution is -0.870. The lowest BCUT2D eigenvalue weighted by Crippen LogP contribution is -2.46. The number of nitrogens with one attached hydrogen (secondary N) is 1. The van der Waals surface area contributed by atoms with Gasteiger partial charge in [0.1, 0.15) is 13.2 Å². The number of carbonyl (C=O) groups excluding carboxylic acids is 1. The first-order valence-corrected chi connectivity index (χ1v) is 34.6. The van der Waals surface area contributed by atoms with E-state index in [4.69, 9.17) is 9.05 Å². The average Bonchev–Trinajstić information content (AvgIpc) is 3.39. The van der Waals surface area contributed by atoms with Crippen LogP contribution in [0.4, 0.5) is 0 Å². The van der Waals surface area contributed by atoms with Crippen LogP contribution in [-0.2, 0) is 18.4 Å². The van der Waals surface area contributed by atoms with Gasteiger partial charge in [-0.15, -0.1) is 0 Å². The van der Waals surface area contributed by atoms with Crippen LogP contribution in [0.25, 0.3) is 0 Å². The second-order valence-electron chi connectivity index (χ2n) is 23.8. The van der Waals surface area contributed by atoms with Crippen molar-refractivity contribution in [3.05, 3.63) is 60.8 Å². The lowest BCUT2D eigenvalue weighted by Gasteiger charge is -2.30. The summed E-state index contributed by atoms with van der Waals surface area (Å²) in [7, 11) is 1.32. The van der Waals surface area contributed by atoms with E-state index >= 15 is 0 Å². The van der Waals surface area contributed by atoms with Crippen LogP contribution in [0.3, 0.4) is 0 Å². The number of nitrogens with zero attached hydrogens (tertiary/aromatic N) is 1. The van der Waals surface area contributed by atoms with Crippen molar-refractivity contribution in [3.8, 4) is 0 Å². The Morgan fingerprint density at radius 1 is 0.468 bits per heavy atom. The van der Waals surface area contributed by atoms with Crippen LogP contribution in [0.2, 0.25) is 0 Å². The number of phosphoric ester groups is 1. The van der Waals surface area contributed by atoms with Crippen LogP contribution in [0.1, 0.15) is 316 Å². The van der Waals surface area contributed by atoms with Crippen LogP contribution in [-0.4, -0.2) is 68.5 Å². The Morgan fingerprint density at radius 2 is 0.792 bits per heavy atom. The summed E-state index contributed by atoms with van der Waals surface area (Å²) in [5, 5.41) is 14.0. The molecule has 0 spiro atoms. The summed E-state index contributed by atoms with van der Waals surface area (Å²) in [6.45, 7) is 4.64. The summed E-state index contributed by atoms with van der Waals surface area (Å²) in [6.07, 6.45) is 80.1. The van der Waals surface area contributed by atoms with Crippen molar-refractivity contribution in [1.29, 1.82) is 0 Å². The fraction of sp³-hybridized carbons (Fsp3) is 0.838. The standard InChI is InChI=1S/C68H129N2O6P/c1-6-8-10-12-14-16-18-20-22-23-24-25-26-27-28-29-30-31-32-33-34-35-36-37-38-39-40-41-42-43-44-45-46-47-48-50-52-54-56-58-60-62-68(72)69-66(65-76-77(73,74)75-64-63-70(3,4)5)67(71)61-59-57-55-53-51-49-21-19-17-15-13-11-9-7-2/h8,10,14,16,20,22,24-25,27-28,66-67,71H,6-7,9,11-13,15,17-19,21,23,26,29-65H2,1-5H3,(H-,69,72,73,74)/b10-8-,16-14-,22-20-,25-24-,28-27-. The lowest BCUT2D eigenvalue weighted by atomic mass is 10.0. The molecule has 9 heteroatoms. The third kappa shape index (κ3) is 61.7. The van der Waals surface area contributed by atoms with Crippen molar-refractivity contribution in [2.45, 2.75) is 328 Å². The molecule has 0 aliphatic carbocycles. The van der Waals surface area contributed by atoms with E-state index in [0.29, 0.717) is 23.9 Å². The molecule has 1 amide bonds. The van der Waals surface area contributed by atoms with Crippen LogP contribution in [0, 0.1) is 0 Å². The molecular formula is C68H129N2O6P. The number of carbonyl (C=O) groups is 1. The van der Waals surface area contributed by atoms with E-state index in [-0.39, 0.29) is 19.1 Å². The Labute approximate surface area is 479 Å². The van der Waals surface area contributed by atoms with Crippen LogP contribution in [0.15, 0.2) is 60.8 Å². The molecule has 0 aromatic heterocycles. The van der Waals surface area contributed by atoms with Gasteiger partial charge in [-0.2, -0.15) is 0 Å². The third-order valence-electron chi connectivity index (χ3n) is 15.0. The number of hydrogen-bond donors (Lipinski definition) is 2. The van der Waals surface area contributed by atoms with Crippen molar-refractivity contribution in [2.75, 3.05) is 40.9 Å². The Balaban J connectivity index is 3.85. The first kappa shape index (κ1) is 75.2. The van der Waals surface area contributed by atoms with Gasteiger partial charge in [0.15, 0.2) is 0 Å². The molecule has 0 aromatic carbocycles. The number of aliphatic hydroxyl groups is 1. The molecule has 0 rings (SSSR count). The fourth-order valence-corrected chi connectivity index (χ4v) is 10.6. The van der Waals surface area contributed by atoms with E-state index in [0.717, 1.165) is 70.6 Å². The maximum Gasteiger partial charge on any atom is 0.268 e. The minimum atomic E-state index is -4.57. The zero-order valence-corrected chi connectivity index (χ0v) is 52.6. The average molecular weight is 1100 g/mol. The van der Waals surface area contributed by atoms with E-state index in [9.17, 15) is 19.4 Å². The molecule has 0 bridgehead atoms. The van der Waals surface area contributed by atoms with Crippen molar-refractivity contribution in [2.24, 2.45) is 0 Å². The van der Waals surface area contributed by atoms with E-state index in [1.165, 1.54) is 218 Å². The van der Waals surface area contributed by atoms with Gasteiger partial charge in [-0.25, -0.2) is 0 Å². The predicted molar refractivity (Wildman–Crippen MR) is 334 cm³/mol. The van der Waals surface area contributed by atoms with Crippen molar-refractivity contribution in [3.63, 3.8) is 0 Å². The van der Waals surface area contributed by atoms with Gasteiger partial charge in [0.25, 0.3) is 7.82 Å². The number of unbranched alkanes of at least 4 members (excludes halogenated alkanes) is 38. The molecule has 452 valence electrons. The highest BCUT2D eigenvalue weighted by Gasteiger charge is 2.24. The zero-order valence-electron chi connectivity index (χ0n) is 51.7. The first-order chi connectivity index (χ1) is 37.5. The number of allylic oxidation sites excluding steroid dienone is 10. The van der Waals surface area contributed by atoms with Crippen molar-refractivity contribution in [1.82, 2.24) is 5.32 Å². The van der Waals surface area contributed by atoms with Gasteiger partial charge in [0, 0.05) is 6.42 Å². The van der Waals surface area contributed by atoms with Crippen molar-refractivity contribution < 1.29 is 32.9 Å². The highest BCUT2D eigenvalue weighted by molar-refractivity contribution is 7.45. The minimum absolute atomic E-state index is 0.0137.